The normalized spacial score (nSPS) is 23.2. The van der Waals surface area contributed by atoms with Crippen molar-refractivity contribution in [3.8, 4) is 0 Å². The van der Waals surface area contributed by atoms with Crippen LogP contribution in [0.3, 0.4) is 0 Å². The second-order valence-electron chi connectivity index (χ2n) is 9.12. The van der Waals surface area contributed by atoms with Gasteiger partial charge >= 0.3 is 0 Å². The fourth-order valence-electron chi connectivity index (χ4n) is 4.66. The van der Waals surface area contributed by atoms with Crippen molar-refractivity contribution in [3.05, 3.63) is 45.2 Å². The maximum atomic E-state index is 13.1. The molecule has 3 atom stereocenters. The first-order valence-corrected chi connectivity index (χ1v) is 10.8. The van der Waals surface area contributed by atoms with Gasteiger partial charge in [-0.2, -0.15) is 4.98 Å². The van der Waals surface area contributed by atoms with E-state index in [1.54, 1.807) is 0 Å². The zero-order chi connectivity index (χ0) is 22.3. The smallest absolute Gasteiger partial charge is 0.258 e. The van der Waals surface area contributed by atoms with Gasteiger partial charge in [0.05, 0.1) is 11.5 Å². The van der Waals surface area contributed by atoms with Crippen LogP contribution in [0.4, 0.5) is 17.5 Å². The molecule has 4 rings (SSSR count). The Morgan fingerprint density at radius 2 is 1.87 bits per heavy atom. The van der Waals surface area contributed by atoms with E-state index in [9.17, 15) is 14.4 Å². The number of aromatic nitrogens is 2. The number of carbonyl (C=O) groups is 2. The Balaban J connectivity index is 1.66. The molecule has 3 heterocycles. The van der Waals surface area contributed by atoms with Gasteiger partial charge in [-0.3, -0.25) is 19.4 Å². The van der Waals surface area contributed by atoms with Crippen LogP contribution in [0.15, 0.2) is 23.0 Å². The van der Waals surface area contributed by atoms with Gasteiger partial charge in [0.25, 0.3) is 5.56 Å². The maximum Gasteiger partial charge on any atom is 0.258 e. The molecule has 0 unspecified atom stereocenters. The van der Waals surface area contributed by atoms with Gasteiger partial charge in [-0.1, -0.05) is 26.0 Å². The highest BCUT2D eigenvalue weighted by atomic mass is 16.2. The maximum absolute atomic E-state index is 13.1. The zero-order valence-electron chi connectivity index (χ0n) is 18.4. The Hall–Kier alpha value is -3.16. The van der Waals surface area contributed by atoms with Crippen LogP contribution in [0.25, 0.3) is 0 Å². The van der Waals surface area contributed by atoms with Crippen LogP contribution in [0, 0.1) is 25.7 Å². The van der Waals surface area contributed by atoms with Crippen molar-refractivity contribution in [2.24, 2.45) is 11.8 Å². The Morgan fingerprint density at radius 3 is 2.58 bits per heavy atom. The highest BCUT2D eigenvalue weighted by Gasteiger charge is 2.35. The van der Waals surface area contributed by atoms with Gasteiger partial charge in [0.2, 0.25) is 17.8 Å². The van der Waals surface area contributed by atoms with Gasteiger partial charge in [0.15, 0.2) is 0 Å². The van der Waals surface area contributed by atoms with Crippen LogP contribution in [0.2, 0.25) is 0 Å². The fraction of sp³-hybridized carbons (Fsp3) is 0.478. The van der Waals surface area contributed by atoms with Crippen LogP contribution in [0.1, 0.15) is 49.3 Å². The third kappa shape index (κ3) is 4.33. The third-order valence-electron chi connectivity index (χ3n) is 6.07. The molecule has 0 spiro atoms. The average molecular weight is 424 g/mol. The molecule has 8 heteroatoms. The summed E-state index contributed by atoms with van der Waals surface area (Å²) in [6.45, 7) is 9.77. The van der Waals surface area contributed by atoms with Crippen LogP contribution in [-0.4, -0.2) is 34.9 Å². The summed E-state index contributed by atoms with van der Waals surface area (Å²) in [7, 11) is 0. The van der Waals surface area contributed by atoms with E-state index in [0.29, 0.717) is 23.5 Å². The Labute approximate surface area is 181 Å². The number of rotatable bonds is 3. The van der Waals surface area contributed by atoms with Gasteiger partial charge in [0, 0.05) is 25.2 Å². The summed E-state index contributed by atoms with van der Waals surface area (Å²) in [6.07, 6.45) is 1.04. The summed E-state index contributed by atoms with van der Waals surface area (Å²) < 4.78 is 0. The molecule has 1 fully saturated rings. The number of nitrogens with one attached hydrogen (secondary N) is 3. The number of piperidine rings is 1. The molecule has 8 nitrogen and oxygen atoms in total. The fourth-order valence-corrected chi connectivity index (χ4v) is 4.66. The summed E-state index contributed by atoms with van der Waals surface area (Å²) >= 11 is 0. The minimum atomic E-state index is -0.895. The SMILES string of the molecule is Cc1ccc(C)c(NC(=O)[C@@H]2CC(=O)Nc3nc(N4C[C@H](C)C[C@H](C)C4)[nH]c(=O)c32)c1. The van der Waals surface area contributed by atoms with Crippen molar-refractivity contribution in [3.63, 3.8) is 0 Å². The van der Waals surface area contributed by atoms with Gasteiger partial charge in [0.1, 0.15) is 5.82 Å². The lowest BCUT2D eigenvalue weighted by atomic mass is 9.91. The van der Waals surface area contributed by atoms with E-state index in [1.807, 2.05) is 36.9 Å². The van der Waals surface area contributed by atoms with Crippen molar-refractivity contribution < 1.29 is 9.59 Å². The molecule has 0 radical (unpaired) electrons. The number of carbonyl (C=O) groups excluding carboxylic acids is 2. The summed E-state index contributed by atoms with van der Waals surface area (Å²) in [4.78, 5) is 47.9. The van der Waals surface area contributed by atoms with Gasteiger partial charge < -0.3 is 15.5 Å². The number of anilines is 3. The second-order valence-corrected chi connectivity index (χ2v) is 9.12. The minimum Gasteiger partial charge on any atom is -0.342 e. The van der Waals surface area contributed by atoms with Crippen molar-refractivity contribution in [1.82, 2.24) is 9.97 Å². The van der Waals surface area contributed by atoms with Crippen molar-refractivity contribution in [1.29, 1.82) is 0 Å². The summed E-state index contributed by atoms with van der Waals surface area (Å²) in [5, 5.41) is 5.58. The van der Waals surface area contributed by atoms with E-state index in [-0.39, 0.29) is 35.2 Å². The quantitative estimate of drug-likeness (QED) is 0.704. The van der Waals surface area contributed by atoms with Crippen molar-refractivity contribution in [2.75, 3.05) is 28.6 Å². The highest BCUT2D eigenvalue weighted by molar-refractivity contribution is 6.04. The Morgan fingerprint density at radius 1 is 1.16 bits per heavy atom. The predicted octanol–water partition coefficient (Wildman–Crippen LogP) is 2.93. The first-order valence-electron chi connectivity index (χ1n) is 10.8. The van der Waals surface area contributed by atoms with Gasteiger partial charge in [-0.25, -0.2) is 0 Å². The van der Waals surface area contributed by atoms with E-state index in [2.05, 4.69) is 34.4 Å². The molecule has 1 aromatic carbocycles. The summed E-state index contributed by atoms with van der Waals surface area (Å²) in [5.41, 5.74) is 2.43. The molecule has 3 N–H and O–H groups in total. The van der Waals surface area contributed by atoms with Gasteiger partial charge in [-0.15, -0.1) is 0 Å². The van der Waals surface area contributed by atoms with Crippen molar-refractivity contribution in [2.45, 2.75) is 46.5 Å². The number of nitrogens with zero attached hydrogens (tertiary/aromatic N) is 2. The van der Waals surface area contributed by atoms with E-state index < -0.39 is 5.92 Å². The standard InChI is InChI=1S/C23H29N5O3/c1-12-5-6-15(4)17(8-12)24-21(30)16-9-18(29)25-20-19(16)22(31)27-23(26-20)28-10-13(2)7-14(3)11-28/h5-6,8,13-14,16H,7,9-11H2,1-4H3,(H,24,30)(H2,25,26,27,29,31)/t13-,14+,16-/m1/s1. The monoisotopic (exact) mass is 423 g/mol. The average Bonchev–Trinajstić information content (AvgIpc) is 2.69. The van der Waals surface area contributed by atoms with Crippen molar-refractivity contribution >= 4 is 29.3 Å². The first kappa shape index (κ1) is 21.1. The van der Waals surface area contributed by atoms with E-state index in [4.69, 9.17) is 0 Å². The number of hydrogen-bond donors (Lipinski definition) is 3. The molecule has 0 bridgehead atoms. The molecular formula is C23H29N5O3. The van der Waals surface area contributed by atoms with Crippen LogP contribution < -0.4 is 21.1 Å². The summed E-state index contributed by atoms with van der Waals surface area (Å²) in [5.74, 6) is -0.0113. The second kappa shape index (κ2) is 8.17. The number of amides is 2. The lowest BCUT2D eigenvalue weighted by Crippen LogP contribution is -2.42. The number of fused-ring (bicyclic) bond motifs is 1. The Kier molecular flexibility index (Phi) is 5.56. The zero-order valence-corrected chi connectivity index (χ0v) is 18.4. The lowest BCUT2D eigenvalue weighted by molar-refractivity contribution is -0.123. The molecule has 2 aromatic rings. The number of aryl methyl sites for hydroxylation is 2. The molecule has 31 heavy (non-hydrogen) atoms. The molecule has 1 aromatic heterocycles. The molecular weight excluding hydrogens is 394 g/mol. The largest absolute Gasteiger partial charge is 0.342 e. The molecule has 2 aliphatic rings. The number of H-pyrrole nitrogens is 1. The number of aromatic amines is 1. The topological polar surface area (TPSA) is 107 Å². The number of hydrogen-bond acceptors (Lipinski definition) is 5. The van der Waals surface area contributed by atoms with Gasteiger partial charge in [-0.05, 0) is 49.3 Å². The third-order valence-corrected chi connectivity index (χ3v) is 6.07. The Bertz CT molecular complexity index is 1080. The highest BCUT2D eigenvalue weighted by Crippen LogP contribution is 2.32. The van der Waals surface area contributed by atoms with E-state index in [0.717, 1.165) is 30.6 Å². The van der Waals surface area contributed by atoms with Crippen LogP contribution >= 0.6 is 0 Å². The molecule has 164 valence electrons. The molecule has 0 saturated carbocycles. The minimum absolute atomic E-state index is 0.0917. The first-order chi connectivity index (χ1) is 14.7. The molecule has 2 aliphatic heterocycles. The van der Waals surface area contributed by atoms with E-state index >= 15 is 0 Å². The molecule has 0 aliphatic carbocycles. The number of benzene rings is 1. The summed E-state index contributed by atoms with van der Waals surface area (Å²) in [6, 6.07) is 5.77. The van der Waals surface area contributed by atoms with E-state index in [1.165, 1.54) is 0 Å². The van der Waals surface area contributed by atoms with Crippen LogP contribution in [0.5, 0.6) is 0 Å². The predicted molar refractivity (Wildman–Crippen MR) is 121 cm³/mol. The molecule has 2 amide bonds. The lowest BCUT2D eigenvalue weighted by Gasteiger charge is -2.35. The van der Waals surface area contributed by atoms with Crippen LogP contribution in [-0.2, 0) is 9.59 Å². The molecule has 1 saturated heterocycles.